The number of hydrogen-bond acceptors (Lipinski definition) is 4. The second-order valence-corrected chi connectivity index (χ2v) is 4.03. The predicted molar refractivity (Wildman–Crippen MR) is 60.8 cm³/mol. The summed E-state index contributed by atoms with van der Waals surface area (Å²) in [6.07, 6.45) is -0.677. The second kappa shape index (κ2) is 6.78. The van der Waals surface area contributed by atoms with Gasteiger partial charge in [0.1, 0.15) is 6.61 Å². The fourth-order valence-corrected chi connectivity index (χ4v) is 1.44. The Bertz CT molecular complexity index is 403. The molecule has 108 valence electrons. The summed E-state index contributed by atoms with van der Waals surface area (Å²) in [6, 6.07) is 1.12. The van der Waals surface area contributed by atoms with Gasteiger partial charge in [0.25, 0.3) is 0 Å². The first-order valence-corrected chi connectivity index (χ1v) is 5.49. The topological polar surface area (TPSA) is 60.2 Å². The lowest BCUT2D eigenvalue weighted by Crippen LogP contribution is -2.36. The number of rotatable bonds is 7. The van der Waals surface area contributed by atoms with Crippen molar-refractivity contribution in [3.63, 3.8) is 0 Å². The summed E-state index contributed by atoms with van der Waals surface area (Å²) in [6.45, 7) is 0.169. The molecule has 19 heavy (non-hydrogen) atoms. The van der Waals surface area contributed by atoms with Crippen LogP contribution >= 0.6 is 0 Å². The molecule has 0 aliphatic rings. The Kier molecular flexibility index (Phi) is 5.64. The molecule has 0 amide bonds. The molecule has 1 atom stereocenters. The van der Waals surface area contributed by atoms with Gasteiger partial charge in [-0.15, -0.1) is 0 Å². The van der Waals surface area contributed by atoms with Gasteiger partial charge in [-0.2, -0.15) is 8.78 Å². The minimum absolute atomic E-state index is 0.259. The highest BCUT2D eigenvalue weighted by molar-refractivity contribution is 5.24. The van der Waals surface area contributed by atoms with Gasteiger partial charge in [-0.1, -0.05) is 0 Å². The zero-order valence-corrected chi connectivity index (χ0v) is 10.2. The van der Waals surface area contributed by atoms with Crippen LogP contribution in [0.4, 0.5) is 17.6 Å². The molecule has 0 fully saturated rings. The van der Waals surface area contributed by atoms with Gasteiger partial charge in [-0.25, -0.2) is 8.78 Å². The van der Waals surface area contributed by atoms with Gasteiger partial charge in [0.2, 0.25) is 0 Å². The number of aromatic nitrogens is 1. The van der Waals surface area contributed by atoms with E-state index in [1.165, 1.54) is 6.20 Å². The summed E-state index contributed by atoms with van der Waals surface area (Å²) in [5.41, 5.74) is 3.87. The van der Waals surface area contributed by atoms with Gasteiger partial charge in [0, 0.05) is 12.4 Å². The average molecular weight is 281 g/mol. The number of ether oxygens (including phenoxy) is 1. The van der Waals surface area contributed by atoms with E-state index in [1.807, 2.05) is 0 Å². The van der Waals surface area contributed by atoms with Crippen LogP contribution in [0.5, 0.6) is 0 Å². The SMILES string of the molecule is Cc1ccncc1C(COCC(F)(F)C(F)F)NN. The van der Waals surface area contributed by atoms with E-state index in [2.05, 4.69) is 15.1 Å². The van der Waals surface area contributed by atoms with Crippen LogP contribution in [0.1, 0.15) is 17.2 Å². The zero-order chi connectivity index (χ0) is 14.5. The van der Waals surface area contributed by atoms with Crippen molar-refractivity contribution in [3.05, 3.63) is 29.6 Å². The molecular formula is C11H15F4N3O. The summed E-state index contributed by atoms with van der Waals surface area (Å²) < 4.78 is 53.8. The van der Waals surface area contributed by atoms with Crippen LogP contribution in [0.25, 0.3) is 0 Å². The van der Waals surface area contributed by atoms with Gasteiger partial charge in [-0.05, 0) is 24.1 Å². The lowest BCUT2D eigenvalue weighted by Gasteiger charge is -2.20. The van der Waals surface area contributed by atoms with Crippen LogP contribution in [0.2, 0.25) is 0 Å². The maximum atomic E-state index is 12.6. The van der Waals surface area contributed by atoms with Crippen molar-refractivity contribution in [2.45, 2.75) is 25.3 Å². The molecule has 4 nitrogen and oxygen atoms in total. The van der Waals surface area contributed by atoms with Crippen molar-refractivity contribution in [2.75, 3.05) is 13.2 Å². The van der Waals surface area contributed by atoms with Crippen LogP contribution in [-0.4, -0.2) is 30.5 Å². The summed E-state index contributed by atoms with van der Waals surface area (Å²) in [7, 11) is 0. The Hall–Kier alpha value is -1.25. The number of hydrogen-bond donors (Lipinski definition) is 2. The van der Waals surface area contributed by atoms with Gasteiger partial charge >= 0.3 is 12.3 Å². The lowest BCUT2D eigenvalue weighted by molar-refractivity contribution is -0.167. The minimum Gasteiger partial charge on any atom is -0.373 e. The Labute approximate surface area is 107 Å². The third kappa shape index (κ3) is 4.41. The Morgan fingerprint density at radius 1 is 1.47 bits per heavy atom. The summed E-state index contributed by atoms with van der Waals surface area (Å²) in [5.74, 6) is 1.13. The molecule has 1 aromatic heterocycles. The number of nitrogens with two attached hydrogens (primary N) is 1. The van der Waals surface area contributed by atoms with E-state index in [0.29, 0.717) is 5.56 Å². The Balaban J connectivity index is 2.58. The molecule has 0 spiro atoms. The highest BCUT2D eigenvalue weighted by Gasteiger charge is 2.41. The normalized spacial score (nSPS) is 13.8. The lowest BCUT2D eigenvalue weighted by atomic mass is 10.1. The summed E-state index contributed by atoms with van der Waals surface area (Å²) in [4.78, 5) is 3.88. The van der Waals surface area contributed by atoms with E-state index in [0.717, 1.165) is 5.56 Å². The largest absolute Gasteiger partial charge is 0.373 e. The maximum absolute atomic E-state index is 12.6. The van der Waals surface area contributed by atoms with Crippen molar-refractivity contribution in [1.82, 2.24) is 10.4 Å². The molecule has 0 saturated carbocycles. The smallest absolute Gasteiger partial charge is 0.330 e. The van der Waals surface area contributed by atoms with E-state index in [-0.39, 0.29) is 6.61 Å². The minimum atomic E-state index is -4.16. The molecule has 0 bridgehead atoms. The first-order chi connectivity index (χ1) is 8.88. The molecule has 1 heterocycles. The molecule has 0 aromatic carbocycles. The monoisotopic (exact) mass is 281 g/mol. The quantitative estimate of drug-likeness (QED) is 0.454. The summed E-state index contributed by atoms with van der Waals surface area (Å²) in [5, 5.41) is 0. The number of nitrogens with zero attached hydrogens (tertiary/aromatic N) is 1. The molecular weight excluding hydrogens is 266 g/mol. The van der Waals surface area contributed by atoms with Gasteiger partial charge in [0.15, 0.2) is 0 Å². The molecule has 0 aliphatic heterocycles. The van der Waals surface area contributed by atoms with Crippen molar-refractivity contribution in [1.29, 1.82) is 0 Å². The first-order valence-electron chi connectivity index (χ1n) is 5.49. The molecule has 1 aromatic rings. The first kappa shape index (κ1) is 15.8. The van der Waals surface area contributed by atoms with E-state index in [4.69, 9.17) is 5.84 Å². The zero-order valence-electron chi connectivity index (χ0n) is 10.2. The van der Waals surface area contributed by atoms with Crippen LogP contribution in [-0.2, 0) is 4.74 Å². The van der Waals surface area contributed by atoms with E-state index < -0.39 is 25.0 Å². The molecule has 3 N–H and O–H groups in total. The number of pyridine rings is 1. The van der Waals surface area contributed by atoms with E-state index >= 15 is 0 Å². The van der Waals surface area contributed by atoms with Crippen molar-refractivity contribution >= 4 is 0 Å². The molecule has 1 rings (SSSR count). The second-order valence-electron chi connectivity index (χ2n) is 4.03. The highest BCUT2D eigenvalue weighted by Crippen LogP contribution is 2.24. The van der Waals surface area contributed by atoms with Crippen LogP contribution in [0, 0.1) is 6.92 Å². The number of halogens is 4. The number of nitrogens with one attached hydrogen (secondary N) is 1. The maximum Gasteiger partial charge on any atom is 0.330 e. The molecule has 0 saturated heterocycles. The van der Waals surface area contributed by atoms with E-state index in [1.54, 1.807) is 19.2 Å². The molecule has 1 unspecified atom stereocenters. The average Bonchev–Trinajstić information content (AvgIpc) is 2.35. The van der Waals surface area contributed by atoms with Crippen molar-refractivity contribution in [2.24, 2.45) is 5.84 Å². The molecule has 0 aliphatic carbocycles. The predicted octanol–water partition coefficient (Wildman–Crippen LogP) is 1.81. The molecule has 8 heteroatoms. The van der Waals surface area contributed by atoms with Crippen LogP contribution in [0.3, 0.4) is 0 Å². The fraction of sp³-hybridized carbons (Fsp3) is 0.545. The number of alkyl halides is 4. The standard InChI is InChI=1S/C11H15F4N3O/c1-7-2-3-17-4-8(7)9(18-16)5-19-6-11(14,15)10(12)13/h2-4,9-10,18H,5-6,16H2,1H3. The Morgan fingerprint density at radius 2 is 2.16 bits per heavy atom. The van der Waals surface area contributed by atoms with Crippen LogP contribution in [0.15, 0.2) is 18.5 Å². The van der Waals surface area contributed by atoms with Crippen LogP contribution < -0.4 is 11.3 Å². The molecule has 0 radical (unpaired) electrons. The van der Waals surface area contributed by atoms with Gasteiger partial charge < -0.3 is 4.74 Å². The number of hydrazine groups is 1. The van der Waals surface area contributed by atoms with Gasteiger partial charge in [0.05, 0.1) is 12.6 Å². The third-order valence-electron chi connectivity index (χ3n) is 2.55. The van der Waals surface area contributed by atoms with Gasteiger partial charge in [-0.3, -0.25) is 16.3 Å². The van der Waals surface area contributed by atoms with E-state index in [9.17, 15) is 17.6 Å². The summed E-state index contributed by atoms with van der Waals surface area (Å²) >= 11 is 0. The fourth-order valence-electron chi connectivity index (χ4n) is 1.44. The highest BCUT2D eigenvalue weighted by atomic mass is 19.3. The Morgan fingerprint density at radius 3 is 2.68 bits per heavy atom. The third-order valence-corrected chi connectivity index (χ3v) is 2.55. The van der Waals surface area contributed by atoms with Crippen molar-refractivity contribution < 1.29 is 22.3 Å². The van der Waals surface area contributed by atoms with Crippen molar-refractivity contribution in [3.8, 4) is 0 Å². The number of aryl methyl sites for hydroxylation is 1.